The zero-order chi connectivity index (χ0) is 19.2. The van der Waals surface area contributed by atoms with Crippen molar-refractivity contribution in [2.24, 2.45) is 0 Å². The van der Waals surface area contributed by atoms with Crippen LogP contribution in [0.3, 0.4) is 0 Å². The molecule has 0 aliphatic rings. The van der Waals surface area contributed by atoms with Gasteiger partial charge in [0, 0.05) is 20.0 Å². The van der Waals surface area contributed by atoms with Crippen LogP contribution in [0.15, 0.2) is 48.5 Å². The quantitative estimate of drug-likeness (QED) is 0.712. The summed E-state index contributed by atoms with van der Waals surface area (Å²) in [5.74, 6) is 0.515. The molecular weight excluding hydrogens is 343 g/mol. The fourth-order valence-corrected chi connectivity index (χ4v) is 2.72. The third-order valence-electron chi connectivity index (χ3n) is 4.04. The van der Waals surface area contributed by atoms with Gasteiger partial charge in [0.05, 0.1) is 12.2 Å². The van der Waals surface area contributed by atoms with E-state index in [-0.39, 0.29) is 24.4 Å². The van der Waals surface area contributed by atoms with E-state index in [9.17, 15) is 18.0 Å². The van der Waals surface area contributed by atoms with E-state index < -0.39 is 11.7 Å². The standard InChI is InChI=1S/C20H22F3NO2/c1-3-26-18-11-7-5-8-15(18)12-13-19(25)24(2)14-16-9-4-6-10-17(16)20(21,22)23/h4-11H,3,12-14H2,1-2H3. The molecule has 0 saturated heterocycles. The first kappa shape index (κ1) is 19.8. The van der Waals surface area contributed by atoms with Crippen LogP contribution < -0.4 is 4.74 Å². The summed E-state index contributed by atoms with van der Waals surface area (Å²) in [6, 6.07) is 12.8. The van der Waals surface area contributed by atoms with Gasteiger partial charge in [0.2, 0.25) is 5.91 Å². The van der Waals surface area contributed by atoms with Crippen LogP contribution in [0.5, 0.6) is 5.75 Å². The van der Waals surface area contributed by atoms with Crippen molar-refractivity contribution in [2.75, 3.05) is 13.7 Å². The lowest BCUT2D eigenvalue weighted by Crippen LogP contribution is -2.27. The number of aryl methyl sites for hydroxylation is 1. The Hall–Kier alpha value is -2.50. The van der Waals surface area contributed by atoms with Gasteiger partial charge in [0.1, 0.15) is 5.75 Å². The highest BCUT2D eigenvalue weighted by Gasteiger charge is 2.33. The van der Waals surface area contributed by atoms with Gasteiger partial charge >= 0.3 is 6.18 Å². The van der Waals surface area contributed by atoms with Crippen LogP contribution in [-0.4, -0.2) is 24.5 Å². The number of hydrogen-bond acceptors (Lipinski definition) is 2. The normalized spacial score (nSPS) is 11.3. The minimum atomic E-state index is -4.43. The molecule has 2 rings (SSSR count). The van der Waals surface area contributed by atoms with Crippen molar-refractivity contribution in [1.82, 2.24) is 4.90 Å². The maximum absolute atomic E-state index is 13.1. The fraction of sp³-hybridized carbons (Fsp3) is 0.350. The van der Waals surface area contributed by atoms with Crippen LogP contribution in [0.2, 0.25) is 0 Å². The SMILES string of the molecule is CCOc1ccccc1CCC(=O)N(C)Cc1ccccc1C(F)(F)F. The lowest BCUT2D eigenvalue weighted by molar-refractivity contribution is -0.139. The van der Waals surface area contributed by atoms with Crippen LogP contribution in [-0.2, 0) is 23.9 Å². The van der Waals surface area contributed by atoms with Gasteiger partial charge < -0.3 is 9.64 Å². The molecule has 1 amide bonds. The Kier molecular flexibility index (Phi) is 6.66. The summed E-state index contributed by atoms with van der Waals surface area (Å²) in [5.41, 5.74) is 0.290. The number of nitrogens with zero attached hydrogens (tertiary/aromatic N) is 1. The van der Waals surface area contributed by atoms with E-state index in [1.807, 2.05) is 31.2 Å². The lowest BCUT2D eigenvalue weighted by Gasteiger charge is -2.20. The number of rotatable bonds is 7. The van der Waals surface area contributed by atoms with Gasteiger partial charge in [-0.15, -0.1) is 0 Å². The molecule has 0 aliphatic heterocycles. The molecular formula is C20H22F3NO2. The van der Waals surface area contributed by atoms with Gasteiger partial charge in [-0.1, -0.05) is 36.4 Å². The van der Waals surface area contributed by atoms with E-state index in [4.69, 9.17) is 4.74 Å². The summed E-state index contributed by atoms with van der Waals surface area (Å²) >= 11 is 0. The highest BCUT2D eigenvalue weighted by Crippen LogP contribution is 2.32. The van der Waals surface area contributed by atoms with E-state index >= 15 is 0 Å². The molecule has 0 unspecified atom stereocenters. The number of ether oxygens (including phenoxy) is 1. The highest BCUT2D eigenvalue weighted by molar-refractivity contribution is 5.76. The molecule has 0 N–H and O–H groups in total. The van der Waals surface area contributed by atoms with E-state index in [1.54, 1.807) is 6.07 Å². The number of alkyl halides is 3. The number of para-hydroxylation sites is 1. The van der Waals surface area contributed by atoms with Crippen LogP contribution in [0, 0.1) is 0 Å². The maximum Gasteiger partial charge on any atom is 0.416 e. The number of carbonyl (C=O) groups excluding carboxylic acids is 1. The first-order valence-electron chi connectivity index (χ1n) is 8.42. The summed E-state index contributed by atoms with van der Waals surface area (Å²) in [6.07, 6.45) is -3.76. The van der Waals surface area contributed by atoms with Crippen molar-refractivity contribution < 1.29 is 22.7 Å². The summed E-state index contributed by atoms with van der Waals surface area (Å²) in [5, 5.41) is 0. The zero-order valence-electron chi connectivity index (χ0n) is 14.8. The summed E-state index contributed by atoms with van der Waals surface area (Å²) in [6.45, 7) is 2.33. The van der Waals surface area contributed by atoms with Crippen LogP contribution >= 0.6 is 0 Å². The number of benzene rings is 2. The van der Waals surface area contributed by atoms with E-state index in [0.29, 0.717) is 13.0 Å². The van der Waals surface area contributed by atoms with Crippen molar-refractivity contribution in [3.8, 4) is 5.75 Å². The van der Waals surface area contributed by atoms with Crippen LogP contribution in [0.1, 0.15) is 30.0 Å². The Morgan fingerprint density at radius 1 is 1.04 bits per heavy atom. The highest BCUT2D eigenvalue weighted by atomic mass is 19.4. The third-order valence-corrected chi connectivity index (χ3v) is 4.04. The molecule has 26 heavy (non-hydrogen) atoms. The molecule has 3 nitrogen and oxygen atoms in total. The smallest absolute Gasteiger partial charge is 0.416 e. The van der Waals surface area contributed by atoms with Crippen molar-refractivity contribution in [3.63, 3.8) is 0 Å². The topological polar surface area (TPSA) is 29.5 Å². The molecule has 0 aliphatic carbocycles. The van der Waals surface area contributed by atoms with Crippen LogP contribution in [0.4, 0.5) is 13.2 Å². The molecule has 0 heterocycles. The molecule has 0 bridgehead atoms. The lowest BCUT2D eigenvalue weighted by atomic mass is 10.1. The van der Waals surface area contributed by atoms with Crippen molar-refractivity contribution >= 4 is 5.91 Å². The molecule has 6 heteroatoms. The molecule has 2 aromatic carbocycles. The second kappa shape index (κ2) is 8.74. The summed E-state index contributed by atoms with van der Waals surface area (Å²) < 4.78 is 44.7. The summed E-state index contributed by atoms with van der Waals surface area (Å²) in [7, 11) is 1.52. The predicted molar refractivity (Wildman–Crippen MR) is 93.9 cm³/mol. The Labute approximate surface area is 151 Å². The number of hydrogen-bond donors (Lipinski definition) is 0. The molecule has 0 atom stereocenters. The molecule has 0 radical (unpaired) electrons. The minimum Gasteiger partial charge on any atom is -0.494 e. The zero-order valence-corrected chi connectivity index (χ0v) is 14.8. The first-order chi connectivity index (χ1) is 12.3. The van der Waals surface area contributed by atoms with Gasteiger partial charge in [0.25, 0.3) is 0 Å². The van der Waals surface area contributed by atoms with Gasteiger partial charge in [0.15, 0.2) is 0 Å². The molecule has 140 valence electrons. The van der Waals surface area contributed by atoms with Gasteiger partial charge in [-0.3, -0.25) is 4.79 Å². The Morgan fingerprint density at radius 2 is 1.65 bits per heavy atom. The van der Waals surface area contributed by atoms with Crippen molar-refractivity contribution in [3.05, 3.63) is 65.2 Å². The van der Waals surface area contributed by atoms with Crippen molar-refractivity contribution in [2.45, 2.75) is 32.5 Å². The Balaban J connectivity index is 2.01. The van der Waals surface area contributed by atoms with Crippen LogP contribution in [0.25, 0.3) is 0 Å². The molecule has 2 aromatic rings. The molecule has 0 saturated carbocycles. The second-order valence-corrected chi connectivity index (χ2v) is 5.95. The maximum atomic E-state index is 13.1. The number of carbonyl (C=O) groups is 1. The van der Waals surface area contributed by atoms with E-state index in [0.717, 1.165) is 17.4 Å². The van der Waals surface area contributed by atoms with E-state index in [2.05, 4.69) is 0 Å². The molecule has 0 aromatic heterocycles. The number of amides is 1. The predicted octanol–water partition coefficient (Wildman–Crippen LogP) is 4.70. The largest absolute Gasteiger partial charge is 0.494 e. The third kappa shape index (κ3) is 5.25. The fourth-order valence-electron chi connectivity index (χ4n) is 2.72. The average molecular weight is 365 g/mol. The summed E-state index contributed by atoms with van der Waals surface area (Å²) in [4.78, 5) is 13.7. The van der Waals surface area contributed by atoms with Gasteiger partial charge in [-0.05, 0) is 36.6 Å². The number of halogens is 3. The average Bonchev–Trinajstić information content (AvgIpc) is 2.60. The molecule has 0 fully saturated rings. The second-order valence-electron chi connectivity index (χ2n) is 5.95. The Bertz CT molecular complexity index is 744. The Morgan fingerprint density at radius 3 is 2.31 bits per heavy atom. The van der Waals surface area contributed by atoms with E-state index in [1.165, 1.54) is 24.1 Å². The van der Waals surface area contributed by atoms with Gasteiger partial charge in [-0.25, -0.2) is 0 Å². The first-order valence-corrected chi connectivity index (χ1v) is 8.42. The molecule has 0 spiro atoms. The minimum absolute atomic E-state index is 0.0817. The van der Waals surface area contributed by atoms with Gasteiger partial charge in [-0.2, -0.15) is 13.2 Å². The van der Waals surface area contributed by atoms with Crippen molar-refractivity contribution in [1.29, 1.82) is 0 Å². The monoisotopic (exact) mass is 365 g/mol.